The molecule has 0 fully saturated rings. The fourth-order valence-corrected chi connectivity index (χ4v) is 2.71. The third-order valence-corrected chi connectivity index (χ3v) is 3.76. The fourth-order valence-electron chi connectivity index (χ4n) is 2.52. The van der Waals surface area contributed by atoms with Crippen LogP contribution in [0.25, 0.3) is 11.0 Å². The van der Waals surface area contributed by atoms with Gasteiger partial charge in [-0.25, -0.2) is 9.52 Å². The smallest absolute Gasteiger partial charge is 0.388 e. The summed E-state index contributed by atoms with van der Waals surface area (Å²) < 4.78 is 1.93. The second-order valence-electron chi connectivity index (χ2n) is 5.19. The molecule has 0 N–H and O–H groups in total. The first-order chi connectivity index (χ1) is 11.1. The second kappa shape index (κ2) is 6.30. The number of pyridine rings is 1. The molecule has 0 spiro atoms. The van der Waals surface area contributed by atoms with Crippen LogP contribution in [-0.2, 0) is 6.42 Å². The van der Waals surface area contributed by atoms with Crippen LogP contribution in [0.5, 0.6) is 0 Å². The molecule has 0 bridgehead atoms. The number of benzene rings is 1. The molecule has 0 amide bonds. The molecule has 0 aliphatic heterocycles. The van der Waals surface area contributed by atoms with E-state index in [1.165, 1.54) is 17.0 Å². The fraction of sp³-hybridized carbons (Fsp3) is 0.176. The summed E-state index contributed by atoms with van der Waals surface area (Å²) in [4.78, 5) is 17.7. The lowest BCUT2D eigenvalue weighted by Gasteiger charge is -2.05. The highest BCUT2D eigenvalue weighted by atomic mass is 35.5. The molecule has 0 radical (unpaired) electrons. The monoisotopic (exact) mass is 330 g/mol. The zero-order chi connectivity index (χ0) is 16.4. The van der Waals surface area contributed by atoms with Crippen molar-refractivity contribution in [3.63, 3.8) is 0 Å². The third-order valence-electron chi connectivity index (χ3n) is 3.52. The molecule has 6 heteroatoms. The summed E-state index contributed by atoms with van der Waals surface area (Å²) in [5.74, 6) is -0.573. The summed E-state index contributed by atoms with van der Waals surface area (Å²) in [5, 5.41) is 13.3. The van der Waals surface area contributed by atoms with Gasteiger partial charge in [0, 0.05) is 10.6 Å². The zero-order valence-corrected chi connectivity index (χ0v) is 13.3. The van der Waals surface area contributed by atoms with E-state index in [-0.39, 0.29) is 0 Å². The van der Waals surface area contributed by atoms with Crippen molar-refractivity contribution >= 4 is 28.6 Å². The number of hydrogen-bond donors (Lipinski definition) is 0. The van der Waals surface area contributed by atoms with E-state index in [1.54, 1.807) is 30.5 Å². The molecule has 0 saturated heterocycles. The van der Waals surface area contributed by atoms with Crippen LogP contribution < -0.4 is 9.57 Å². The number of fused-ring (bicyclic) bond motifs is 1. The molecule has 118 valence electrons. The van der Waals surface area contributed by atoms with Gasteiger partial charge in [-0.2, -0.15) is 0 Å². The number of rotatable bonds is 4. The van der Waals surface area contributed by atoms with Gasteiger partial charge in [-0.15, -0.1) is 0 Å². The quantitative estimate of drug-likeness (QED) is 0.545. The lowest BCUT2D eigenvalue weighted by molar-refractivity contribution is -0.581. The van der Waals surface area contributed by atoms with Gasteiger partial charge >= 0.3 is 11.6 Å². The highest BCUT2D eigenvalue weighted by Crippen LogP contribution is 2.19. The minimum Gasteiger partial charge on any atom is -0.710 e. The summed E-state index contributed by atoms with van der Waals surface area (Å²) in [7, 11) is 0. The van der Waals surface area contributed by atoms with Crippen LogP contribution in [0.1, 0.15) is 29.3 Å². The van der Waals surface area contributed by atoms with E-state index >= 15 is 0 Å². The molecule has 3 rings (SSSR count). The lowest BCUT2D eigenvalue weighted by atomic mass is 10.1. The molecule has 5 nitrogen and oxygen atoms in total. The molecule has 0 atom stereocenters. The van der Waals surface area contributed by atoms with E-state index in [1.807, 2.05) is 6.07 Å². The lowest BCUT2D eigenvalue weighted by Crippen LogP contribution is -2.31. The maximum absolute atomic E-state index is 12.3. The van der Waals surface area contributed by atoms with E-state index in [2.05, 4.69) is 6.92 Å². The van der Waals surface area contributed by atoms with Gasteiger partial charge < -0.3 is 5.21 Å². The second-order valence-corrected chi connectivity index (χ2v) is 5.63. The molecule has 0 saturated carbocycles. The van der Waals surface area contributed by atoms with E-state index in [0.717, 1.165) is 23.8 Å². The zero-order valence-electron chi connectivity index (χ0n) is 12.5. The molecule has 2 aromatic heterocycles. The standard InChI is InChI=1S/C17H15ClN2O3/c1-2-5-13-11-20(16-15(13)8-4-9-19(16)22)23-17(21)12-6-3-7-14(18)10-12/h3-4,6-11H,2,5H2,1H3. The Morgan fingerprint density at radius 2 is 2.17 bits per heavy atom. The first kappa shape index (κ1) is 15.4. The summed E-state index contributed by atoms with van der Waals surface area (Å²) in [5.41, 5.74) is 1.59. The minimum absolute atomic E-state index is 0.298. The van der Waals surface area contributed by atoms with E-state index in [0.29, 0.717) is 21.0 Å². The Balaban J connectivity index is 2.01. The summed E-state index contributed by atoms with van der Waals surface area (Å²) in [6, 6.07) is 10.00. The maximum atomic E-state index is 12.3. The first-order valence-electron chi connectivity index (χ1n) is 7.30. The minimum atomic E-state index is -0.573. The van der Waals surface area contributed by atoms with Crippen molar-refractivity contribution in [3.05, 3.63) is 70.1 Å². The average molecular weight is 331 g/mol. The molecule has 0 aliphatic carbocycles. The van der Waals surface area contributed by atoms with Crippen LogP contribution in [0.4, 0.5) is 0 Å². The number of hydrogen-bond acceptors (Lipinski definition) is 3. The Kier molecular flexibility index (Phi) is 4.21. The molecule has 0 unspecified atom stereocenters. The predicted molar refractivity (Wildman–Crippen MR) is 87.3 cm³/mol. The van der Waals surface area contributed by atoms with Gasteiger partial charge in [0.1, 0.15) is 6.20 Å². The van der Waals surface area contributed by atoms with Crippen molar-refractivity contribution in [2.45, 2.75) is 19.8 Å². The van der Waals surface area contributed by atoms with Crippen LogP contribution in [0.15, 0.2) is 48.8 Å². The van der Waals surface area contributed by atoms with Gasteiger partial charge in [-0.1, -0.05) is 31.0 Å². The Morgan fingerprint density at radius 1 is 1.35 bits per heavy atom. The normalized spacial score (nSPS) is 10.9. The number of aryl methyl sites for hydroxylation is 1. The highest BCUT2D eigenvalue weighted by Gasteiger charge is 2.21. The van der Waals surface area contributed by atoms with E-state index in [4.69, 9.17) is 16.4 Å². The van der Waals surface area contributed by atoms with Crippen LogP contribution in [0.2, 0.25) is 5.02 Å². The van der Waals surface area contributed by atoms with Crippen molar-refractivity contribution in [2.24, 2.45) is 0 Å². The van der Waals surface area contributed by atoms with Gasteiger partial charge in [-0.05, 0) is 41.5 Å². The van der Waals surface area contributed by atoms with Gasteiger partial charge in [0.2, 0.25) is 0 Å². The largest absolute Gasteiger partial charge is 0.710 e. The summed E-state index contributed by atoms with van der Waals surface area (Å²) in [6.07, 6.45) is 4.78. The molecular weight excluding hydrogens is 316 g/mol. The van der Waals surface area contributed by atoms with Crippen molar-refractivity contribution in [1.82, 2.24) is 4.73 Å². The van der Waals surface area contributed by atoms with Crippen LogP contribution in [0, 0.1) is 5.21 Å². The van der Waals surface area contributed by atoms with Crippen molar-refractivity contribution < 1.29 is 14.4 Å². The molecular formula is C17H15ClN2O3. The van der Waals surface area contributed by atoms with E-state index < -0.39 is 5.97 Å². The van der Waals surface area contributed by atoms with Crippen molar-refractivity contribution in [2.75, 3.05) is 0 Å². The summed E-state index contributed by atoms with van der Waals surface area (Å²) >= 11 is 5.89. The van der Waals surface area contributed by atoms with Crippen LogP contribution in [0.3, 0.4) is 0 Å². The average Bonchev–Trinajstić information content (AvgIpc) is 2.87. The predicted octanol–water partition coefficient (Wildman–Crippen LogP) is 3.15. The van der Waals surface area contributed by atoms with Crippen LogP contribution in [-0.4, -0.2) is 10.7 Å². The van der Waals surface area contributed by atoms with Crippen LogP contribution >= 0.6 is 11.6 Å². The summed E-state index contributed by atoms with van der Waals surface area (Å²) in [6.45, 7) is 2.05. The molecule has 23 heavy (non-hydrogen) atoms. The molecule has 0 aliphatic rings. The Bertz CT molecular complexity index is 873. The SMILES string of the molecule is CCCc1cn(OC(=O)c2cccc(Cl)c2)c2c1ccc[n+]2[O-]. The Morgan fingerprint density at radius 3 is 2.91 bits per heavy atom. The molecule has 2 heterocycles. The topological polar surface area (TPSA) is 58.2 Å². The number of halogens is 1. The maximum Gasteiger partial charge on any atom is 0.388 e. The number of carbonyl (C=O) groups is 1. The third kappa shape index (κ3) is 3.00. The van der Waals surface area contributed by atoms with Gasteiger partial charge in [-0.3, -0.25) is 4.84 Å². The first-order valence-corrected chi connectivity index (χ1v) is 7.68. The molecule has 1 aromatic carbocycles. The van der Waals surface area contributed by atoms with Crippen molar-refractivity contribution in [1.29, 1.82) is 0 Å². The highest BCUT2D eigenvalue weighted by molar-refractivity contribution is 6.30. The number of aromatic nitrogens is 2. The van der Waals surface area contributed by atoms with Gasteiger partial charge in [0.15, 0.2) is 0 Å². The van der Waals surface area contributed by atoms with Gasteiger partial charge in [0.25, 0.3) is 0 Å². The Hall–Kier alpha value is -2.53. The number of nitrogens with zero attached hydrogens (tertiary/aromatic N) is 2. The van der Waals surface area contributed by atoms with E-state index in [9.17, 15) is 10.0 Å². The molecule has 3 aromatic rings. The van der Waals surface area contributed by atoms with Gasteiger partial charge in [0.05, 0.1) is 17.1 Å². The van der Waals surface area contributed by atoms with Crippen molar-refractivity contribution in [3.8, 4) is 0 Å². The Labute approximate surface area is 138 Å². The number of carbonyl (C=O) groups excluding carboxylic acids is 1.